The first-order chi connectivity index (χ1) is 18.6. The molecule has 0 radical (unpaired) electrons. The fourth-order valence-corrected chi connectivity index (χ4v) is 4.69. The average Bonchev–Trinajstić information content (AvgIpc) is 3.52. The number of ether oxygens (including phenoxy) is 2. The molecule has 0 aliphatic carbocycles. The Hall–Kier alpha value is -4.17. The van der Waals surface area contributed by atoms with E-state index in [-0.39, 0.29) is 18.0 Å². The number of para-hydroxylation sites is 1. The zero-order chi connectivity index (χ0) is 27.6. The standard InChI is InChI=1S/C30H31ClN4O4/c1-30(2,3)39-29(37)35-14-13-22(18-35)32-25-17-20(31)15-19-16-26(34-27(19)25)28(36)33-21-9-11-24(12-10-21)38-23-7-5-4-6-8-23/h4-12,15-17,22,32,34H,13-14,18H2,1-3H3,(H,33,36). The van der Waals surface area contributed by atoms with Gasteiger partial charge >= 0.3 is 6.09 Å². The van der Waals surface area contributed by atoms with E-state index in [1.165, 1.54) is 0 Å². The molecular formula is C30H31ClN4O4. The lowest BCUT2D eigenvalue weighted by Crippen LogP contribution is -2.36. The summed E-state index contributed by atoms with van der Waals surface area (Å²) in [6.07, 6.45) is 0.451. The molecule has 4 aromatic rings. The van der Waals surface area contributed by atoms with Gasteiger partial charge in [0.1, 0.15) is 22.8 Å². The van der Waals surface area contributed by atoms with Gasteiger partial charge in [-0.3, -0.25) is 4.79 Å². The number of halogens is 1. The Labute approximate surface area is 232 Å². The summed E-state index contributed by atoms with van der Waals surface area (Å²) in [6.45, 7) is 6.68. The smallest absolute Gasteiger partial charge is 0.410 e. The second kappa shape index (κ2) is 10.9. The Morgan fingerprint density at radius 2 is 1.72 bits per heavy atom. The van der Waals surface area contributed by atoms with Crippen molar-refractivity contribution >= 4 is 45.9 Å². The topological polar surface area (TPSA) is 95.7 Å². The van der Waals surface area contributed by atoms with Crippen LogP contribution in [-0.2, 0) is 4.74 Å². The number of aromatic amines is 1. The minimum atomic E-state index is -0.541. The summed E-state index contributed by atoms with van der Waals surface area (Å²) in [5.74, 6) is 1.14. The molecule has 1 atom stereocenters. The summed E-state index contributed by atoms with van der Waals surface area (Å²) < 4.78 is 11.3. The van der Waals surface area contributed by atoms with E-state index in [1.54, 1.807) is 35.2 Å². The number of likely N-dealkylation sites (tertiary alicyclic amines) is 1. The Morgan fingerprint density at radius 3 is 2.44 bits per heavy atom. The minimum absolute atomic E-state index is 0.0244. The van der Waals surface area contributed by atoms with Gasteiger partial charge in [0.15, 0.2) is 0 Å². The van der Waals surface area contributed by atoms with Gasteiger partial charge in [-0.2, -0.15) is 0 Å². The molecular weight excluding hydrogens is 516 g/mol. The molecule has 1 fully saturated rings. The predicted molar refractivity (Wildman–Crippen MR) is 154 cm³/mol. The number of H-pyrrole nitrogens is 1. The number of anilines is 2. The molecule has 1 saturated heterocycles. The number of benzene rings is 3. The highest BCUT2D eigenvalue weighted by molar-refractivity contribution is 6.32. The summed E-state index contributed by atoms with van der Waals surface area (Å²) >= 11 is 6.40. The fraction of sp³-hybridized carbons (Fsp3) is 0.267. The maximum Gasteiger partial charge on any atom is 0.410 e. The maximum absolute atomic E-state index is 13.0. The van der Waals surface area contributed by atoms with Gasteiger partial charge in [-0.25, -0.2) is 4.79 Å². The molecule has 2 amide bonds. The highest BCUT2D eigenvalue weighted by Gasteiger charge is 2.30. The van der Waals surface area contributed by atoms with E-state index in [2.05, 4.69) is 15.6 Å². The molecule has 1 aliphatic rings. The minimum Gasteiger partial charge on any atom is -0.457 e. The Balaban J connectivity index is 1.26. The van der Waals surface area contributed by atoms with Crippen LogP contribution in [0.5, 0.6) is 11.5 Å². The zero-order valence-corrected chi connectivity index (χ0v) is 22.8. The molecule has 202 valence electrons. The Kier molecular flexibility index (Phi) is 7.39. The highest BCUT2D eigenvalue weighted by Crippen LogP contribution is 2.31. The van der Waals surface area contributed by atoms with Crippen molar-refractivity contribution < 1.29 is 19.1 Å². The van der Waals surface area contributed by atoms with E-state index in [9.17, 15) is 9.59 Å². The van der Waals surface area contributed by atoms with Gasteiger partial charge in [0, 0.05) is 35.2 Å². The van der Waals surface area contributed by atoms with Crippen LogP contribution in [0.25, 0.3) is 10.9 Å². The molecule has 3 aromatic carbocycles. The first kappa shape index (κ1) is 26.4. The third-order valence-corrected chi connectivity index (χ3v) is 6.45. The Morgan fingerprint density at radius 1 is 1.00 bits per heavy atom. The molecule has 1 aromatic heterocycles. The SMILES string of the molecule is CC(C)(C)OC(=O)N1CCC(Nc2cc(Cl)cc3cc(C(=O)Nc4ccc(Oc5ccccc5)cc4)[nH]c23)C1. The first-order valence-electron chi connectivity index (χ1n) is 12.8. The van der Waals surface area contributed by atoms with Crippen LogP contribution in [0.1, 0.15) is 37.7 Å². The van der Waals surface area contributed by atoms with E-state index < -0.39 is 5.60 Å². The van der Waals surface area contributed by atoms with E-state index in [0.29, 0.717) is 35.2 Å². The number of amides is 2. The van der Waals surface area contributed by atoms with Crippen molar-refractivity contribution in [3.8, 4) is 11.5 Å². The van der Waals surface area contributed by atoms with Gasteiger partial charge < -0.3 is 30.0 Å². The number of fused-ring (bicyclic) bond motifs is 1. The number of nitrogens with one attached hydrogen (secondary N) is 3. The zero-order valence-electron chi connectivity index (χ0n) is 22.1. The van der Waals surface area contributed by atoms with Gasteiger partial charge in [-0.1, -0.05) is 29.8 Å². The second-order valence-corrected chi connectivity index (χ2v) is 11.0. The van der Waals surface area contributed by atoms with Crippen LogP contribution in [0, 0.1) is 0 Å². The monoisotopic (exact) mass is 546 g/mol. The summed E-state index contributed by atoms with van der Waals surface area (Å²) in [5.41, 5.74) is 2.05. The number of hydrogen-bond acceptors (Lipinski definition) is 5. The molecule has 0 bridgehead atoms. The fourth-order valence-electron chi connectivity index (χ4n) is 4.46. The van der Waals surface area contributed by atoms with Crippen LogP contribution >= 0.6 is 11.6 Å². The van der Waals surface area contributed by atoms with Crippen LogP contribution < -0.4 is 15.4 Å². The number of carbonyl (C=O) groups excluding carboxylic acids is 2. The third kappa shape index (κ3) is 6.64. The molecule has 1 unspecified atom stereocenters. The van der Waals surface area contributed by atoms with Crippen molar-refractivity contribution in [1.29, 1.82) is 0 Å². The lowest BCUT2D eigenvalue weighted by molar-refractivity contribution is 0.0293. The largest absolute Gasteiger partial charge is 0.457 e. The van der Waals surface area contributed by atoms with E-state index in [0.717, 1.165) is 28.8 Å². The molecule has 2 heterocycles. The lowest BCUT2D eigenvalue weighted by atomic mass is 10.2. The summed E-state index contributed by atoms with van der Waals surface area (Å²) in [6, 6.07) is 22.1. The molecule has 9 heteroatoms. The molecule has 0 saturated carbocycles. The van der Waals surface area contributed by atoms with Crippen LogP contribution in [-0.4, -0.2) is 46.6 Å². The predicted octanol–water partition coefficient (Wildman–Crippen LogP) is 7.29. The second-order valence-electron chi connectivity index (χ2n) is 10.6. The van der Waals surface area contributed by atoms with Crippen molar-refractivity contribution in [1.82, 2.24) is 9.88 Å². The Bertz CT molecular complexity index is 1480. The summed E-state index contributed by atoms with van der Waals surface area (Å²) in [4.78, 5) is 30.4. The van der Waals surface area contributed by atoms with Crippen molar-refractivity contribution in [3.05, 3.63) is 83.5 Å². The quantitative estimate of drug-likeness (QED) is 0.236. The summed E-state index contributed by atoms with van der Waals surface area (Å²) in [7, 11) is 0. The number of rotatable bonds is 6. The van der Waals surface area contributed by atoms with Gasteiger partial charge in [0.05, 0.1) is 11.2 Å². The van der Waals surface area contributed by atoms with Crippen LogP contribution in [0.2, 0.25) is 5.02 Å². The number of aromatic nitrogens is 1. The average molecular weight is 547 g/mol. The van der Waals surface area contributed by atoms with Crippen LogP contribution in [0.3, 0.4) is 0 Å². The van der Waals surface area contributed by atoms with E-state index in [1.807, 2.05) is 63.2 Å². The molecule has 5 rings (SSSR count). The van der Waals surface area contributed by atoms with Crippen molar-refractivity contribution in [2.24, 2.45) is 0 Å². The number of nitrogens with zero attached hydrogens (tertiary/aromatic N) is 1. The van der Waals surface area contributed by atoms with Crippen molar-refractivity contribution in [3.63, 3.8) is 0 Å². The van der Waals surface area contributed by atoms with Gasteiger partial charge in [-0.15, -0.1) is 0 Å². The van der Waals surface area contributed by atoms with Crippen LogP contribution in [0.15, 0.2) is 72.8 Å². The molecule has 39 heavy (non-hydrogen) atoms. The third-order valence-electron chi connectivity index (χ3n) is 6.23. The first-order valence-corrected chi connectivity index (χ1v) is 13.2. The maximum atomic E-state index is 13.0. The number of hydrogen-bond donors (Lipinski definition) is 3. The number of carbonyl (C=O) groups is 2. The molecule has 3 N–H and O–H groups in total. The highest BCUT2D eigenvalue weighted by atomic mass is 35.5. The van der Waals surface area contributed by atoms with Crippen molar-refractivity contribution in [2.75, 3.05) is 23.7 Å². The molecule has 0 spiro atoms. The van der Waals surface area contributed by atoms with Gasteiger partial charge in [-0.05, 0) is 81.8 Å². The molecule has 1 aliphatic heterocycles. The van der Waals surface area contributed by atoms with Gasteiger partial charge in [0.2, 0.25) is 0 Å². The normalized spacial score (nSPS) is 15.3. The molecule has 8 nitrogen and oxygen atoms in total. The van der Waals surface area contributed by atoms with E-state index >= 15 is 0 Å². The van der Waals surface area contributed by atoms with E-state index in [4.69, 9.17) is 21.1 Å². The van der Waals surface area contributed by atoms with Crippen molar-refractivity contribution in [2.45, 2.75) is 38.8 Å². The lowest BCUT2D eigenvalue weighted by Gasteiger charge is -2.24. The summed E-state index contributed by atoms with van der Waals surface area (Å²) in [5, 5.41) is 7.76. The van der Waals surface area contributed by atoms with Gasteiger partial charge in [0.25, 0.3) is 5.91 Å². The van der Waals surface area contributed by atoms with Crippen LogP contribution in [0.4, 0.5) is 16.2 Å².